The lowest BCUT2D eigenvalue weighted by Gasteiger charge is -2.15. The summed E-state index contributed by atoms with van der Waals surface area (Å²) in [6, 6.07) is 8.40. The zero-order valence-electron chi connectivity index (χ0n) is 8.36. The van der Waals surface area contributed by atoms with Crippen molar-refractivity contribution in [1.82, 2.24) is 5.43 Å². The second-order valence-electron chi connectivity index (χ2n) is 3.75. The molecule has 1 aliphatic carbocycles. The van der Waals surface area contributed by atoms with E-state index >= 15 is 0 Å². The summed E-state index contributed by atoms with van der Waals surface area (Å²) in [7, 11) is 1.68. The fourth-order valence-electron chi connectivity index (χ4n) is 1.75. The highest BCUT2D eigenvalue weighted by atomic mass is 16.5. The van der Waals surface area contributed by atoms with Gasteiger partial charge in [0.15, 0.2) is 0 Å². The Morgan fingerprint density at radius 3 is 2.43 bits per heavy atom. The zero-order chi connectivity index (χ0) is 9.97. The normalized spacial score (nSPS) is 17.9. The minimum absolute atomic E-state index is 0.306. The fourth-order valence-corrected chi connectivity index (χ4v) is 1.75. The number of nitrogens with two attached hydrogens (primary N) is 1. The minimum Gasteiger partial charge on any atom is -0.497 e. The predicted octanol–water partition coefficient (Wildman–Crippen LogP) is 1.61. The van der Waals surface area contributed by atoms with E-state index in [0.29, 0.717) is 12.0 Å². The summed E-state index contributed by atoms with van der Waals surface area (Å²) in [5.74, 6) is 7.14. The third kappa shape index (κ3) is 1.89. The molecule has 0 spiro atoms. The SMILES string of the molecule is COc1ccc([C@@H](NN)C2CC2)cc1. The van der Waals surface area contributed by atoms with Gasteiger partial charge in [-0.3, -0.25) is 11.3 Å². The predicted molar refractivity (Wildman–Crippen MR) is 55.8 cm³/mol. The summed E-state index contributed by atoms with van der Waals surface area (Å²) in [6.45, 7) is 0. The average molecular weight is 192 g/mol. The lowest BCUT2D eigenvalue weighted by molar-refractivity contribution is 0.414. The van der Waals surface area contributed by atoms with Crippen LogP contribution in [0.15, 0.2) is 24.3 Å². The molecule has 1 aliphatic rings. The van der Waals surface area contributed by atoms with Gasteiger partial charge in [-0.2, -0.15) is 0 Å². The number of rotatable bonds is 4. The summed E-state index contributed by atoms with van der Waals surface area (Å²) in [6.07, 6.45) is 2.56. The molecule has 2 rings (SSSR count). The average Bonchev–Trinajstić information content (AvgIpc) is 3.04. The smallest absolute Gasteiger partial charge is 0.118 e. The van der Waals surface area contributed by atoms with Crippen LogP contribution in [0.4, 0.5) is 0 Å². The lowest BCUT2D eigenvalue weighted by atomic mass is 10.0. The molecule has 0 saturated heterocycles. The number of methoxy groups -OCH3 is 1. The first-order valence-electron chi connectivity index (χ1n) is 4.95. The van der Waals surface area contributed by atoms with Crippen molar-refractivity contribution in [3.63, 3.8) is 0 Å². The van der Waals surface area contributed by atoms with Gasteiger partial charge in [0.1, 0.15) is 5.75 Å². The first kappa shape index (κ1) is 9.49. The molecule has 0 radical (unpaired) electrons. The van der Waals surface area contributed by atoms with Crippen LogP contribution in [0.3, 0.4) is 0 Å². The van der Waals surface area contributed by atoms with Crippen LogP contribution in [0, 0.1) is 5.92 Å². The van der Waals surface area contributed by atoms with Crippen LogP contribution in [0.2, 0.25) is 0 Å². The van der Waals surface area contributed by atoms with Crippen molar-refractivity contribution in [2.45, 2.75) is 18.9 Å². The fraction of sp³-hybridized carbons (Fsp3) is 0.455. The Balaban J connectivity index is 2.13. The van der Waals surface area contributed by atoms with Crippen LogP contribution in [-0.2, 0) is 0 Å². The number of benzene rings is 1. The molecular formula is C11H16N2O. The third-order valence-corrected chi connectivity index (χ3v) is 2.75. The zero-order valence-corrected chi connectivity index (χ0v) is 8.36. The molecule has 3 N–H and O–H groups in total. The molecule has 0 heterocycles. The maximum Gasteiger partial charge on any atom is 0.118 e. The standard InChI is InChI=1S/C11H16N2O/c1-14-10-6-4-9(5-7-10)11(13-12)8-2-3-8/h4-8,11,13H,2-3,12H2,1H3/t11-/m0/s1. The van der Waals surface area contributed by atoms with Gasteiger partial charge < -0.3 is 4.74 Å². The third-order valence-electron chi connectivity index (χ3n) is 2.75. The number of ether oxygens (including phenoxy) is 1. The first-order chi connectivity index (χ1) is 6.85. The molecule has 0 unspecified atom stereocenters. The highest BCUT2D eigenvalue weighted by Crippen LogP contribution is 2.40. The Labute approximate surface area is 84.2 Å². The number of hydrazine groups is 1. The van der Waals surface area contributed by atoms with Crippen molar-refractivity contribution in [1.29, 1.82) is 0 Å². The molecule has 0 amide bonds. The van der Waals surface area contributed by atoms with Crippen LogP contribution in [-0.4, -0.2) is 7.11 Å². The van der Waals surface area contributed by atoms with E-state index in [4.69, 9.17) is 10.6 Å². The Kier molecular flexibility index (Phi) is 2.70. The Morgan fingerprint density at radius 1 is 1.36 bits per heavy atom. The van der Waals surface area contributed by atoms with Gasteiger partial charge in [-0.25, -0.2) is 0 Å². The van der Waals surface area contributed by atoms with Crippen LogP contribution >= 0.6 is 0 Å². The van der Waals surface area contributed by atoms with Gasteiger partial charge in [-0.05, 0) is 36.5 Å². The van der Waals surface area contributed by atoms with E-state index in [9.17, 15) is 0 Å². The quantitative estimate of drug-likeness (QED) is 0.563. The van der Waals surface area contributed by atoms with Crippen LogP contribution in [0.1, 0.15) is 24.4 Å². The van der Waals surface area contributed by atoms with Gasteiger partial charge in [-0.15, -0.1) is 0 Å². The second-order valence-corrected chi connectivity index (χ2v) is 3.75. The van der Waals surface area contributed by atoms with Gasteiger partial charge in [0, 0.05) is 6.04 Å². The van der Waals surface area contributed by atoms with E-state index < -0.39 is 0 Å². The molecule has 1 fully saturated rings. The van der Waals surface area contributed by atoms with Gasteiger partial charge >= 0.3 is 0 Å². The number of hydrogen-bond donors (Lipinski definition) is 2. The van der Waals surface area contributed by atoms with E-state index in [1.54, 1.807) is 7.11 Å². The molecule has 76 valence electrons. The summed E-state index contributed by atoms with van der Waals surface area (Å²) < 4.78 is 5.11. The Morgan fingerprint density at radius 2 is 2.00 bits per heavy atom. The molecule has 14 heavy (non-hydrogen) atoms. The van der Waals surface area contributed by atoms with Crippen LogP contribution < -0.4 is 16.0 Å². The van der Waals surface area contributed by atoms with Crippen molar-refractivity contribution in [2.75, 3.05) is 7.11 Å². The highest BCUT2D eigenvalue weighted by Gasteiger charge is 2.31. The molecule has 3 heteroatoms. The summed E-state index contributed by atoms with van der Waals surface area (Å²) in [4.78, 5) is 0. The minimum atomic E-state index is 0.306. The Hall–Kier alpha value is -1.06. The maximum absolute atomic E-state index is 5.54. The topological polar surface area (TPSA) is 47.3 Å². The van der Waals surface area contributed by atoms with E-state index in [2.05, 4.69) is 17.6 Å². The summed E-state index contributed by atoms with van der Waals surface area (Å²) in [5, 5.41) is 0. The molecule has 1 atom stereocenters. The van der Waals surface area contributed by atoms with E-state index in [0.717, 1.165) is 5.75 Å². The molecule has 3 nitrogen and oxygen atoms in total. The lowest BCUT2D eigenvalue weighted by Crippen LogP contribution is -2.29. The molecule has 0 bridgehead atoms. The van der Waals surface area contributed by atoms with E-state index in [-0.39, 0.29) is 0 Å². The molecule has 0 aliphatic heterocycles. The van der Waals surface area contributed by atoms with Crippen molar-refractivity contribution in [3.05, 3.63) is 29.8 Å². The van der Waals surface area contributed by atoms with Crippen molar-refractivity contribution < 1.29 is 4.74 Å². The van der Waals surface area contributed by atoms with Crippen molar-refractivity contribution in [3.8, 4) is 5.75 Å². The molecular weight excluding hydrogens is 176 g/mol. The van der Waals surface area contributed by atoms with Gasteiger partial charge in [0.2, 0.25) is 0 Å². The monoisotopic (exact) mass is 192 g/mol. The van der Waals surface area contributed by atoms with Crippen molar-refractivity contribution >= 4 is 0 Å². The summed E-state index contributed by atoms with van der Waals surface area (Å²) in [5.41, 5.74) is 4.12. The Bertz CT molecular complexity index is 293. The van der Waals surface area contributed by atoms with Crippen LogP contribution in [0.25, 0.3) is 0 Å². The summed E-state index contributed by atoms with van der Waals surface area (Å²) >= 11 is 0. The molecule has 1 saturated carbocycles. The van der Waals surface area contributed by atoms with Gasteiger partial charge in [-0.1, -0.05) is 12.1 Å². The highest BCUT2D eigenvalue weighted by molar-refractivity contribution is 5.29. The largest absolute Gasteiger partial charge is 0.497 e. The van der Waals surface area contributed by atoms with Gasteiger partial charge in [0.25, 0.3) is 0 Å². The van der Waals surface area contributed by atoms with Crippen LogP contribution in [0.5, 0.6) is 5.75 Å². The van der Waals surface area contributed by atoms with Gasteiger partial charge in [0.05, 0.1) is 7.11 Å². The van der Waals surface area contributed by atoms with E-state index in [1.807, 2.05) is 12.1 Å². The first-order valence-corrected chi connectivity index (χ1v) is 4.95. The molecule has 1 aromatic rings. The van der Waals surface area contributed by atoms with Crippen molar-refractivity contribution in [2.24, 2.45) is 11.8 Å². The maximum atomic E-state index is 5.54. The number of hydrogen-bond acceptors (Lipinski definition) is 3. The number of nitrogens with one attached hydrogen (secondary N) is 1. The molecule has 1 aromatic carbocycles. The van der Waals surface area contributed by atoms with E-state index in [1.165, 1.54) is 18.4 Å². The molecule has 0 aromatic heterocycles. The second kappa shape index (κ2) is 3.98.